The zero-order valence-corrected chi connectivity index (χ0v) is 18.4. The molecule has 0 amide bonds. The smallest absolute Gasteiger partial charge is 0.167 e. The molecule has 1 aliphatic rings. The fraction of sp³-hybridized carbons (Fsp3) is 0.444. The van der Waals surface area contributed by atoms with E-state index in [-0.39, 0.29) is 6.04 Å². The second-order valence-corrected chi connectivity index (χ2v) is 6.75. The van der Waals surface area contributed by atoms with E-state index < -0.39 is 0 Å². The molecule has 0 aliphatic carbocycles. The molecule has 2 aromatic rings. The quantitative estimate of drug-likeness (QED) is 0.226. The van der Waals surface area contributed by atoms with Crippen molar-refractivity contribution in [3.63, 3.8) is 0 Å². The van der Waals surface area contributed by atoms with Gasteiger partial charge >= 0.3 is 0 Å². The lowest BCUT2D eigenvalue weighted by Crippen LogP contribution is -2.37. The lowest BCUT2D eigenvalue weighted by atomic mass is 9.99. The van der Waals surface area contributed by atoms with Gasteiger partial charge in [-0.25, -0.2) is 0 Å². The number of rotatable bonds is 2. The predicted octanol–water partition coefficient (Wildman–Crippen LogP) is 5.92. The van der Waals surface area contributed by atoms with Crippen molar-refractivity contribution in [2.24, 2.45) is 4.99 Å². The minimum atomic E-state index is 0.228. The molecule has 1 saturated heterocycles. The highest BCUT2D eigenvalue weighted by molar-refractivity contribution is 14.1. The predicted molar refractivity (Wildman–Crippen MR) is 117 cm³/mol. The highest BCUT2D eigenvalue weighted by Gasteiger charge is 2.29. The summed E-state index contributed by atoms with van der Waals surface area (Å²) < 4.78 is 5.57. The van der Waals surface area contributed by atoms with Gasteiger partial charge in [-0.15, -0.1) is 0 Å². The third-order valence-corrected chi connectivity index (χ3v) is 5.12. The first-order valence-corrected chi connectivity index (χ1v) is 11.9. The van der Waals surface area contributed by atoms with Gasteiger partial charge in [0.15, 0.2) is 10.9 Å². The van der Waals surface area contributed by atoms with Crippen LogP contribution in [-0.2, 0) is 0 Å². The maximum atomic E-state index is 6.06. The van der Waals surface area contributed by atoms with Crippen molar-refractivity contribution >= 4 is 51.1 Å². The molecule has 1 fully saturated rings. The van der Waals surface area contributed by atoms with E-state index in [9.17, 15) is 0 Å². The Kier molecular flexibility index (Phi) is 8.58. The zero-order chi connectivity index (χ0) is 18.2. The topological polar surface area (TPSA) is 41.6 Å². The molecule has 1 aromatic carbocycles. The van der Waals surface area contributed by atoms with Crippen molar-refractivity contribution in [3.05, 3.63) is 41.0 Å². The number of benzene rings is 1. The van der Waals surface area contributed by atoms with Crippen molar-refractivity contribution in [1.82, 2.24) is 10.1 Å². The van der Waals surface area contributed by atoms with Crippen LogP contribution in [0.4, 0.5) is 0 Å². The van der Waals surface area contributed by atoms with Crippen LogP contribution in [0.1, 0.15) is 31.0 Å². The molecule has 0 radical (unpaired) electrons. The van der Waals surface area contributed by atoms with Crippen molar-refractivity contribution in [2.75, 3.05) is 24.8 Å². The van der Waals surface area contributed by atoms with Gasteiger partial charge in [0.05, 0.1) is 6.04 Å². The summed E-state index contributed by atoms with van der Waals surface area (Å²) in [5.41, 5.74) is 1.92. The number of hydrogen-bond acceptors (Lipinski definition) is 4. The summed E-state index contributed by atoms with van der Waals surface area (Å²) in [4.78, 5) is 8.72. The minimum absolute atomic E-state index is 0.228. The molecule has 0 bridgehead atoms. The molecule has 1 aliphatic heterocycles. The summed E-state index contributed by atoms with van der Waals surface area (Å²) in [6.45, 7) is 1.01. The molecule has 1 atom stereocenters. The Labute approximate surface area is 172 Å². The average molecular weight is 492 g/mol. The fourth-order valence-corrected chi connectivity index (χ4v) is 3.85. The second-order valence-electron chi connectivity index (χ2n) is 5.54. The van der Waals surface area contributed by atoms with Gasteiger partial charge < -0.3 is 9.42 Å². The first kappa shape index (κ1) is 20.6. The van der Waals surface area contributed by atoms with E-state index >= 15 is 0 Å². The lowest BCUT2D eigenvalue weighted by molar-refractivity contribution is 0.237. The highest BCUT2D eigenvalue weighted by Crippen LogP contribution is 2.34. The van der Waals surface area contributed by atoms with Gasteiger partial charge in [0.25, 0.3) is 0 Å². The molecule has 4 nitrogen and oxygen atoms in total. The van der Waals surface area contributed by atoms with Crippen molar-refractivity contribution in [3.8, 4) is 11.3 Å². The Morgan fingerprint density at radius 1 is 1.36 bits per heavy atom. The van der Waals surface area contributed by atoms with Gasteiger partial charge in [-0.3, -0.25) is 4.99 Å². The number of halogens is 2. The number of thioether (sulfide) groups is 1. The number of hydrogen-bond donors (Lipinski definition) is 0. The van der Waals surface area contributed by atoms with Gasteiger partial charge in [-0.2, -0.15) is 0 Å². The van der Waals surface area contributed by atoms with E-state index in [2.05, 4.69) is 43.9 Å². The maximum Gasteiger partial charge on any atom is 0.167 e. The van der Waals surface area contributed by atoms with E-state index in [0.717, 1.165) is 35.2 Å². The van der Waals surface area contributed by atoms with E-state index in [1.165, 1.54) is 12.8 Å². The average Bonchev–Trinajstić information content (AvgIpc) is 3.15. The Balaban J connectivity index is 0.00000109. The number of amidine groups is 1. The van der Waals surface area contributed by atoms with Crippen LogP contribution < -0.4 is 0 Å². The molecule has 1 aromatic heterocycles. The van der Waals surface area contributed by atoms with Crippen molar-refractivity contribution in [1.29, 1.82) is 0 Å². The SMILES string of the molecule is CI.CN=C(SC)N1CCCCC1c1cc(-c2cccc(Cl)c2)on1. The Bertz CT molecular complexity index is 707. The summed E-state index contributed by atoms with van der Waals surface area (Å²) >= 11 is 9.89. The van der Waals surface area contributed by atoms with Crippen LogP contribution in [0.15, 0.2) is 39.8 Å². The molecule has 1 unspecified atom stereocenters. The summed E-state index contributed by atoms with van der Waals surface area (Å²) in [5.74, 6) is 0.757. The van der Waals surface area contributed by atoms with Crippen LogP contribution in [-0.4, -0.2) is 40.0 Å². The molecular weight excluding hydrogens is 469 g/mol. The van der Waals surface area contributed by atoms with Gasteiger partial charge in [-0.1, -0.05) is 63.2 Å². The summed E-state index contributed by atoms with van der Waals surface area (Å²) in [6.07, 6.45) is 5.52. The Hall–Kier alpha value is -0.730. The van der Waals surface area contributed by atoms with E-state index in [0.29, 0.717) is 5.02 Å². The monoisotopic (exact) mass is 491 g/mol. The van der Waals surface area contributed by atoms with Crippen molar-refractivity contribution < 1.29 is 4.52 Å². The van der Waals surface area contributed by atoms with Crippen LogP contribution in [0.3, 0.4) is 0 Å². The summed E-state index contributed by atoms with van der Waals surface area (Å²) in [5, 5.41) is 6.08. The number of aliphatic imine (C=N–C) groups is 1. The van der Waals surface area contributed by atoms with Gasteiger partial charge in [0.1, 0.15) is 5.69 Å². The number of aromatic nitrogens is 1. The minimum Gasteiger partial charge on any atom is -0.356 e. The summed E-state index contributed by atoms with van der Waals surface area (Å²) in [7, 11) is 1.84. The van der Waals surface area contributed by atoms with E-state index in [4.69, 9.17) is 16.1 Å². The van der Waals surface area contributed by atoms with Crippen LogP contribution in [0.5, 0.6) is 0 Å². The number of nitrogens with zero attached hydrogens (tertiary/aromatic N) is 3. The third kappa shape index (κ3) is 5.14. The van der Waals surface area contributed by atoms with Crippen LogP contribution >= 0.6 is 46.0 Å². The third-order valence-electron chi connectivity index (χ3n) is 4.10. The van der Waals surface area contributed by atoms with Gasteiger partial charge in [-0.05, 0) is 42.6 Å². The second kappa shape index (κ2) is 10.4. The first-order chi connectivity index (χ1) is 12.2. The van der Waals surface area contributed by atoms with Gasteiger partial charge in [0, 0.05) is 30.2 Å². The molecule has 0 saturated carbocycles. The molecule has 3 rings (SSSR count). The van der Waals surface area contributed by atoms with Crippen molar-refractivity contribution in [2.45, 2.75) is 25.3 Å². The summed E-state index contributed by atoms with van der Waals surface area (Å²) in [6, 6.07) is 9.91. The normalized spacial score (nSPS) is 17.9. The Morgan fingerprint density at radius 3 is 2.84 bits per heavy atom. The van der Waals surface area contributed by atoms with Gasteiger partial charge in [0.2, 0.25) is 0 Å². The van der Waals surface area contributed by atoms with E-state index in [1.54, 1.807) is 11.8 Å². The molecule has 2 heterocycles. The standard InChI is InChI=1S/C17H20ClN3OS.CH3I/c1-19-17(23-2)21-9-4-3-8-15(21)14-11-16(22-20-14)12-6-5-7-13(18)10-12;1-2/h5-7,10-11,15H,3-4,8-9H2,1-2H3;1H3. The zero-order valence-electron chi connectivity index (χ0n) is 14.7. The largest absolute Gasteiger partial charge is 0.356 e. The lowest BCUT2D eigenvalue weighted by Gasteiger charge is -2.36. The fourth-order valence-electron chi connectivity index (χ4n) is 3.03. The molecular formula is C18H23ClIN3OS. The highest BCUT2D eigenvalue weighted by atomic mass is 127. The van der Waals surface area contributed by atoms with E-state index in [1.807, 2.05) is 42.3 Å². The molecule has 25 heavy (non-hydrogen) atoms. The maximum absolute atomic E-state index is 6.06. The Morgan fingerprint density at radius 2 is 2.16 bits per heavy atom. The molecule has 0 spiro atoms. The molecule has 0 N–H and O–H groups in total. The van der Waals surface area contributed by atoms with Crippen LogP contribution in [0.2, 0.25) is 5.02 Å². The van der Waals surface area contributed by atoms with Crippen LogP contribution in [0, 0.1) is 0 Å². The molecule has 7 heteroatoms. The number of alkyl halides is 1. The number of likely N-dealkylation sites (tertiary alicyclic amines) is 1. The van der Waals surface area contributed by atoms with Crippen LogP contribution in [0.25, 0.3) is 11.3 Å². The molecule has 136 valence electrons. The number of piperidine rings is 1. The first-order valence-electron chi connectivity index (χ1n) is 8.10.